The normalized spacial score (nSPS) is 10.7. The maximum Gasteiger partial charge on any atom is 0.270 e. The van der Waals surface area contributed by atoms with Gasteiger partial charge in [-0.3, -0.25) is 4.79 Å². The van der Waals surface area contributed by atoms with Crippen molar-refractivity contribution in [3.63, 3.8) is 0 Å². The standard InChI is InChI=1S/C18H26N4O2S/c1-4-22(5-2)12-11-19-17(23)16-13-25-18(21-16)20-14-7-9-15(10-8-14)24-6-3/h7-10,13H,4-6,11-12H2,1-3H3,(H,19,23)(H,20,21). The van der Waals surface area contributed by atoms with E-state index in [1.807, 2.05) is 31.2 Å². The van der Waals surface area contributed by atoms with Gasteiger partial charge in [0.05, 0.1) is 6.61 Å². The minimum Gasteiger partial charge on any atom is -0.494 e. The molecule has 136 valence electrons. The highest BCUT2D eigenvalue weighted by atomic mass is 32.1. The summed E-state index contributed by atoms with van der Waals surface area (Å²) in [5.74, 6) is 0.698. The Kier molecular flexibility index (Phi) is 7.69. The number of ether oxygens (including phenoxy) is 1. The highest BCUT2D eigenvalue weighted by Crippen LogP contribution is 2.23. The number of anilines is 2. The lowest BCUT2D eigenvalue weighted by Gasteiger charge is -2.17. The molecule has 0 aliphatic carbocycles. The smallest absolute Gasteiger partial charge is 0.270 e. The predicted octanol–water partition coefficient (Wildman–Crippen LogP) is 3.36. The maximum atomic E-state index is 12.2. The number of thiazole rings is 1. The number of nitrogens with zero attached hydrogens (tertiary/aromatic N) is 2. The van der Waals surface area contributed by atoms with Crippen molar-refractivity contribution in [2.75, 3.05) is 38.1 Å². The van der Waals surface area contributed by atoms with Crippen molar-refractivity contribution in [1.82, 2.24) is 15.2 Å². The Bertz CT molecular complexity index is 653. The molecule has 0 saturated carbocycles. The second-order valence-corrected chi connectivity index (χ2v) is 6.26. The Labute approximate surface area is 153 Å². The molecule has 6 nitrogen and oxygen atoms in total. The molecule has 1 aromatic carbocycles. The van der Waals surface area contributed by atoms with Gasteiger partial charge in [-0.25, -0.2) is 4.98 Å². The maximum absolute atomic E-state index is 12.2. The first-order valence-electron chi connectivity index (χ1n) is 8.62. The molecule has 2 aromatic rings. The molecule has 0 spiro atoms. The molecular formula is C18H26N4O2S. The molecule has 1 heterocycles. The summed E-state index contributed by atoms with van der Waals surface area (Å²) in [4.78, 5) is 18.8. The lowest BCUT2D eigenvalue weighted by atomic mass is 10.3. The van der Waals surface area contributed by atoms with Crippen LogP contribution in [0.2, 0.25) is 0 Å². The summed E-state index contributed by atoms with van der Waals surface area (Å²) in [6.07, 6.45) is 0. The van der Waals surface area contributed by atoms with Crippen molar-refractivity contribution in [3.8, 4) is 5.75 Å². The topological polar surface area (TPSA) is 66.5 Å². The number of aromatic nitrogens is 1. The summed E-state index contributed by atoms with van der Waals surface area (Å²) in [6.45, 7) is 10.3. The van der Waals surface area contributed by atoms with Gasteiger partial charge in [0.1, 0.15) is 11.4 Å². The fraction of sp³-hybridized carbons (Fsp3) is 0.444. The monoisotopic (exact) mass is 362 g/mol. The van der Waals surface area contributed by atoms with Crippen molar-refractivity contribution in [2.45, 2.75) is 20.8 Å². The van der Waals surface area contributed by atoms with E-state index in [2.05, 4.69) is 34.4 Å². The number of carbonyl (C=O) groups is 1. The van der Waals surface area contributed by atoms with Crippen LogP contribution >= 0.6 is 11.3 Å². The second-order valence-electron chi connectivity index (χ2n) is 5.40. The van der Waals surface area contributed by atoms with Crippen LogP contribution in [0.4, 0.5) is 10.8 Å². The Morgan fingerprint density at radius 1 is 1.20 bits per heavy atom. The van der Waals surface area contributed by atoms with Crippen LogP contribution < -0.4 is 15.4 Å². The number of benzene rings is 1. The molecule has 0 fully saturated rings. The van der Waals surface area contributed by atoms with Crippen LogP contribution in [0.15, 0.2) is 29.6 Å². The van der Waals surface area contributed by atoms with Crippen LogP contribution in [0, 0.1) is 0 Å². The van der Waals surface area contributed by atoms with E-state index in [4.69, 9.17) is 4.74 Å². The van der Waals surface area contributed by atoms with Gasteiger partial charge in [-0.2, -0.15) is 0 Å². The van der Waals surface area contributed by atoms with Crippen molar-refractivity contribution < 1.29 is 9.53 Å². The molecule has 0 aliphatic rings. The van der Waals surface area contributed by atoms with Gasteiger partial charge in [0.25, 0.3) is 5.91 Å². The number of likely N-dealkylation sites (N-methyl/N-ethyl adjacent to an activating group) is 1. The molecule has 0 saturated heterocycles. The van der Waals surface area contributed by atoms with E-state index in [-0.39, 0.29) is 5.91 Å². The molecule has 0 aliphatic heterocycles. The number of amides is 1. The van der Waals surface area contributed by atoms with Gasteiger partial charge in [-0.1, -0.05) is 13.8 Å². The summed E-state index contributed by atoms with van der Waals surface area (Å²) in [5.41, 5.74) is 1.35. The summed E-state index contributed by atoms with van der Waals surface area (Å²) < 4.78 is 5.42. The molecule has 1 aromatic heterocycles. The van der Waals surface area contributed by atoms with Gasteiger partial charge in [-0.15, -0.1) is 11.3 Å². The van der Waals surface area contributed by atoms with Crippen molar-refractivity contribution in [2.24, 2.45) is 0 Å². The lowest BCUT2D eigenvalue weighted by Crippen LogP contribution is -2.34. The van der Waals surface area contributed by atoms with E-state index in [1.165, 1.54) is 11.3 Å². The third-order valence-electron chi connectivity index (χ3n) is 3.76. The Morgan fingerprint density at radius 2 is 1.92 bits per heavy atom. The molecule has 0 radical (unpaired) electrons. The minimum absolute atomic E-state index is 0.136. The molecule has 0 unspecified atom stereocenters. The first-order valence-corrected chi connectivity index (χ1v) is 9.50. The minimum atomic E-state index is -0.136. The number of carbonyl (C=O) groups excluding carboxylic acids is 1. The zero-order chi connectivity index (χ0) is 18.1. The third-order valence-corrected chi connectivity index (χ3v) is 4.52. The molecule has 2 rings (SSSR count). The molecule has 0 bridgehead atoms. The molecule has 2 N–H and O–H groups in total. The molecule has 7 heteroatoms. The third kappa shape index (κ3) is 6.03. The van der Waals surface area contributed by atoms with E-state index in [9.17, 15) is 4.79 Å². The van der Waals surface area contributed by atoms with E-state index < -0.39 is 0 Å². The Hall–Kier alpha value is -2.12. The number of hydrogen-bond donors (Lipinski definition) is 2. The molecule has 1 amide bonds. The van der Waals surface area contributed by atoms with Crippen LogP contribution in [0.25, 0.3) is 0 Å². The quantitative estimate of drug-likeness (QED) is 0.678. The molecule has 25 heavy (non-hydrogen) atoms. The van der Waals surface area contributed by atoms with Gasteiger partial charge in [0, 0.05) is 24.2 Å². The number of rotatable bonds is 10. The van der Waals surface area contributed by atoms with Gasteiger partial charge in [0.15, 0.2) is 5.13 Å². The van der Waals surface area contributed by atoms with Crippen LogP contribution in [0.3, 0.4) is 0 Å². The molecular weight excluding hydrogens is 336 g/mol. The zero-order valence-corrected chi connectivity index (χ0v) is 15.9. The van der Waals surface area contributed by atoms with Gasteiger partial charge >= 0.3 is 0 Å². The van der Waals surface area contributed by atoms with E-state index >= 15 is 0 Å². The number of hydrogen-bond acceptors (Lipinski definition) is 6. The largest absolute Gasteiger partial charge is 0.494 e. The van der Waals surface area contributed by atoms with Crippen molar-refractivity contribution in [3.05, 3.63) is 35.3 Å². The van der Waals surface area contributed by atoms with Crippen LogP contribution in [-0.2, 0) is 0 Å². The van der Waals surface area contributed by atoms with E-state index in [0.29, 0.717) is 24.0 Å². The summed E-state index contributed by atoms with van der Waals surface area (Å²) in [7, 11) is 0. The van der Waals surface area contributed by atoms with Crippen LogP contribution in [0.5, 0.6) is 5.75 Å². The van der Waals surface area contributed by atoms with Crippen molar-refractivity contribution >= 4 is 28.1 Å². The number of nitrogens with one attached hydrogen (secondary N) is 2. The second kappa shape index (κ2) is 10.0. The summed E-state index contributed by atoms with van der Waals surface area (Å²) in [6, 6.07) is 7.66. The SMILES string of the molecule is CCOc1ccc(Nc2nc(C(=O)NCCN(CC)CC)cs2)cc1. The lowest BCUT2D eigenvalue weighted by molar-refractivity contribution is 0.0944. The first kappa shape index (κ1) is 19.2. The summed E-state index contributed by atoms with van der Waals surface area (Å²) >= 11 is 1.41. The fourth-order valence-electron chi connectivity index (χ4n) is 2.32. The first-order chi connectivity index (χ1) is 12.2. The van der Waals surface area contributed by atoms with Crippen LogP contribution in [-0.4, -0.2) is 48.6 Å². The average molecular weight is 362 g/mol. The van der Waals surface area contributed by atoms with E-state index in [0.717, 1.165) is 31.1 Å². The Morgan fingerprint density at radius 3 is 2.56 bits per heavy atom. The highest BCUT2D eigenvalue weighted by Gasteiger charge is 2.11. The average Bonchev–Trinajstić information content (AvgIpc) is 3.09. The molecule has 0 atom stereocenters. The van der Waals surface area contributed by atoms with Crippen molar-refractivity contribution in [1.29, 1.82) is 0 Å². The van der Waals surface area contributed by atoms with Crippen LogP contribution in [0.1, 0.15) is 31.3 Å². The highest BCUT2D eigenvalue weighted by molar-refractivity contribution is 7.14. The zero-order valence-electron chi connectivity index (χ0n) is 15.0. The van der Waals surface area contributed by atoms with Gasteiger partial charge in [0.2, 0.25) is 0 Å². The van der Waals surface area contributed by atoms with Gasteiger partial charge < -0.3 is 20.3 Å². The predicted molar refractivity (Wildman–Crippen MR) is 103 cm³/mol. The fourth-order valence-corrected chi connectivity index (χ4v) is 3.03. The van der Waals surface area contributed by atoms with E-state index in [1.54, 1.807) is 5.38 Å². The summed E-state index contributed by atoms with van der Waals surface area (Å²) in [5, 5.41) is 8.58. The van der Waals surface area contributed by atoms with Gasteiger partial charge in [-0.05, 0) is 44.3 Å². The Balaban J connectivity index is 1.85.